The van der Waals surface area contributed by atoms with Crippen LogP contribution in [0.5, 0.6) is 11.5 Å². The molecule has 2 aromatic carbocycles. The fraction of sp³-hybridized carbons (Fsp3) is 0.400. The van der Waals surface area contributed by atoms with Crippen molar-refractivity contribution in [1.82, 2.24) is 0 Å². The molecular weight excluding hydrogens is 288 g/mol. The summed E-state index contributed by atoms with van der Waals surface area (Å²) < 4.78 is 11.0. The predicted octanol–water partition coefficient (Wildman–Crippen LogP) is 4.17. The van der Waals surface area contributed by atoms with Crippen LogP contribution in [0.25, 0.3) is 0 Å². The first kappa shape index (κ1) is 17.4. The molecule has 0 aliphatic carbocycles. The molecule has 1 atom stereocenters. The minimum absolute atomic E-state index is 0.104. The van der Waals surface area contributed by atoms with Crippen molar-refractivity contribution in [3.63, 3.8) is 0 Å². The standard InChI is InChI=1S/C20H26O3/c1-5-22-18-10-6-16(7-11-18)20(3,4)17-8-12-19(13-9-17)23-14-15(2)21/h6-13,15,21H,5,14H2,1-4H3. The Morgan fingerprint density at radius 1 is 0.870 bits per heavy atom. The molecule has 1 N–H and O–H groups in total. The van der Waals surface area contributed by atoms with Crippen LogP contribution in [0.1, 0.15) is 38.8 Å². The van der Waals surface area contributed by atoms with Gasteiger partial charge in [0.25, 0.3) is 0 Å². The molecule has 0 spiro atoms. The molecule has 124 valence electrons. The highest BCUT2D eigenvalue weighted by atomic mass is 16.5. The van der Waals surface area contributed by atoms with E-state index in [1.165, 1.54) is 11.1 Å². The molecule has 0 aliphatic heterocycles. The zero-order valence-corrected chi connectivity index (χ0v) is 14.4. The van der Waals surface area contributed by atoms with Gasteiger partial charge in [-0.05, 0) is 49.2 Å². The molecule has 0 saturated carbocycles. The molecule has 23 heavy (non-hydrogen) atoms. The minimum atomic E-state index is -0.463. The molecule has 0 amide bonds. The lowest BCUT2D eigenvalue weighted by Gasteiger charge is -2.26. The molecule has 0 saturated heterocycles. The highest BCUT2D eigenvalue weighted by Gasteiger charge is 2.23. The lowest BCUT2D eigenvalue weighted by atomic mass is 9.78. The number of ether oxygens (including phenoxy) is 2. The van der Waals surface area contributed by atoms with Crippen molar-refractivity contribution in [1.29, 1.82) is 0 Å². The first-order valence-corrected chi connectivity index (χ1v) is 8.08. The fourth-order valence-electron chi connectivity index (χ4n) is 2.49. The summed E-state index contributed by atoms with van der Waals surface area (Å²) >= 11 is 0. The Hall–Kier alpha value is -2.00. The van der Waals surface area contributed by atoms with Gasteiger partial charge in [-0.2, -0.15) is 0 Å². The normalized spacial score (nSPS) is 12.7. The van der Waals surface area contributed by atoms with Gasteiger partial charge in [0.2, 0.25) is 0 Å². The van der Waals surface area contributed by atoms with Gasteiger partial charge in [0.1, 0.15) is 18.1 Å². The molecule has 2 rings (SSSR count). The second-order valence-corrected chi connectivity index (χ2v) is 6.27. The van der Waals surface area contributed by atoms with Crippen molar-refractivity contribution in [2.45, 2.75) is 39.2 Å². The van der Waals surface area contributed by atoms with Gasteiger partial charge in [-0.1, -0.05) is 38.1 Å². The number of benzene rings is 2. The van der Waals surface area contributed by atoms with E-state index in [0.29, 0.717) is 13.2 Å². The second kappa shape index (κ2) is 7.51. The van der Waals surface area contributed by atoms with Crippen LogP contribution in [0.4, 0.5) is 0 Å². The van der Waals surface area contributed by atoms with Gasteiger partial charge in [0, 0.05) is 5.41 Å². The average Bonchev–Trinajstić information content (AvgIpc) is 2.54. The Balaban J connectivity index is 2.14. The van der Waals surface area contributed by atoms with Gasteiger partial charge in [-0.15, -0.1) is 0 Å². The van der Waals surface area contributed by atoms with Gasteiger partial charge in [0.05, 0.1) is 12.7 Å². The third-order valence-corrected chi connectivity index (χ3v) is 3.95. The monoisotopic (exact) mass is 314 g/mol. The van der Waals surface area contributed by atoms with Crippen LogP contribution in [-0.2, 0) is 5.41 Å². The Morgan fingerprint density at radius 3 is 1.70 bits per heavy atom. The van der Waals surface area contributed by atoms with E-state index in [-0.39, 0.29) is 5.41 Å². The quantitative estimate of drug-likeness (QED) is 0.833. The van der Waals surface area contributed by atoms with Gasteiger partial charge in [-0.25, -0.2) is 0 Å². The van der Waals surface area contributed by atoms with E-state index in [4.69, 9.17) is 9.47 Å². The second-order valence-electron chi connectivity index (χ2n) is 6.27. The lowest BCUT2D eigenvalue weighted by Crippen LogP contribution is -2.19. The summed E-state index contributed by atoms with van der Waals surface area (Å²) in [5.41, 5.74) is 2.35. The van der Waals surface area contributed by atoms with Crippen molar-refractivity contribution in [2.24, 2.45) is 0 Å². The lowest BCUT2D eigenvalue weighted by molar-refractivity contribution is 0.122. The molecule has 0 aliphatic rings. The number of aliphatic hydroxyl groups is 1. The van der Waals surface area contributed by atoms with Crippen molar-refractivity contribution >= 4 is 0 Å². The molecule has 3 nitrogen and oxygen atoms in total. The third-order valence-electron chi connectivity index (χ3n) is 3.95. The minimum Gasteiger partial charge on any atom is -0.494 e. The Labute approximate surface area is 138 Å². The van der Waals surface area contributed by atoms with Crippen LogP contribution in [0.3, 0.4) is 0 Å². The number of rotatable bonds is 7. The van der Waals surface area contributed by atoms with E-state index in [1.807, 2.05) is 31.2 Å². The van der Waals surface area contributed by atoms with Crippen LogP contribution < -0.4 is 9.47 Å². The summed E-state index contributed by atoms with van der Waals surface area (Å²) in [6.45, 7) is 9.09. The summed E-state index contributed by atoms with van der Waals surface area (Å²) in [7, 11) is 0. The first-order chi connectivity index (χ1) is 10.9. The van der Waals surface area contributed by atoms with E-state index in [0.717, 1.165) is 11.5 Å². The van der Waals surface area contributed by atoms with Crippen LogP contribution >= 0.6 is 0 Å². The maximum Gasteiger partial charge on any atom is 0.119 e. The maximum atomic E-state index is 9.27. The summed E-state index contributed by atoms with van der Waals surface area (Å²) in [6, 6.07) is 16.3. The zero-order valence-electron chi connectivity index (χ0n) is 14.4. The van der Waals surface area contributed by atoms with Crippen molar-refractivity contribution < 1.29 is 14.6 Å². The van der Waals surface area contributed by atoms with Crippen LogP contribution in [-0.4, -0.2) is 24.4 Å². The van der Waals surface area contributed by atoms with Gasteiger partial charge in [-0.3, -0.25) is 0 Å². The summed E-state index contributed by atoms with van der Waals surface area (Å²) in [6.07, 6.45) is -0.463. The van der Waals surface area contributed by atoms with Gasteiger partial charge >= 0.3 is 0 Å². The Kier molecular flexibility index (Phi) is 5.67. The van der Waals surface area contributed by atoms with Crippen LogP contribution in [0, 0.1) is 0 Å². The van der Waals surface area contributed by atoms with Crippen LogP contribution in [0.15, 0.2) is 48.5 Å². The van der Waals surface area contributed by atoms with Crippen LogP contribution in [0.2, 0.25) is 0 Å². The Morgan fingerprint density at radius 2 is 1.30 bits per heavy atom. The third kappa shape index (κ3) is 4.49. The zero-order chi connectivity index (χ0) is 16.9. The van der Waals surface area contributed by atoms with Gasteiger partial charge < -0.3 is 14.6 Å². The highest BCUT2D eigenvalue weighted by molar-refractivity contribution is 5.41. The molecule has 0 bridgehead atoms. The topological polar surface area (TPSA) is 38.7 Å². The number of aliphatic hydroxyl groups excluding tert-OH is 1. The van der Waals surface area contributed by atoms with E-state index in [2.05, 4.69) is 38.1 Å². The van der Waals surface area contributed by atoms with E-state index >= 15 is 0 Å². The van der Waals surface area contributed by atoms with E-state index < -0.39 is 6.10 Å². The summed E-state index contributed by atoms with van der Waals surface area (Å²) in [5, 5.41) is 9.27. The average molecular weight is 314 g/mol. The highest BCUT2D eigenvalue weighted by Crippen LogP contribution is 2.33. The molecule has 0 fully saturated rings. The maximum absolute atomic E-state index is 9.27. The largest absolute Gasteiger partial charge is 0.494 e. The van der Waals surface area contributed by atoms with Crippen molar-refractivity contribution in [2.75, 3.05) is 13.2 Å². The molecular formula is C20H26O3. The molecule has 0 radical (unpaired) electrons. The summed E-state index contributed by atoms with van der Waals surface area (Å²) in [4.78, 5) is 0. The molecule has 3 heteroatoms. The molecule has 1 unspecified atom stereocenters. The van der Waals surface area contributed by atoms with Crippen molar-refractivity contribution in [3.05, 3.63) is 59.7 Å². The smallest absolute Gasteiger partial charge is 0.119 e. The molecule has 0 aromatic heterocycles. The van der Waals surface area contributed by atoms with E-state index in [1.54, 1.807) is 6.92 Å². The summed E-state index contributed by atoms with van der Waals surface area (Å²) in [5.74, 6) is 1.67. The SMILES string of the molecule is CCOc1ccc(C(C)(C)c2ccc(OCC(C)O)cc2)cc1. The van der Waals surface area contributed by atoms with E-state index in [9.17, 15) is 5.11 Å². The first-order valence-electron chi connectivity index (χ1n) is 8.08. The van der Waals surface area contributed by atoms with Crippen molar-refractivity contribution in [3.8, 4) is 11.5 Å². The molecule has 0 heterocycles. The fourth-order valence-corrected chi connectivity index (χ4v) is 2.49. The molecule has 2 aromatic rings. The Bertz CT molecular complexity index is 598. The number of hydrogen-bond acceptors (Lipinski definition) is 3. The predicted molar refractivity (Wildman–Crippen MR) is 93.4 cm³/mol. The van der Waals surface area contributed by atoms with Gasteiger partial charge in [0.15, 0.2) is 0 Å². The number of hydrogen-bond donors (Lipinski definition) is 1.